The number of carbonyl (C=O) groups is 1. The summed E-state index contributed by atoms with van der Waals surface area (Å²) in [6.45, 7) is 4.40. The van der Waals surface area contributed by atoms with Crippen LogP contribution in [0, 0.1) is 0 Å². The van der Waals surface area contributed by atoms with Gasteiger partial charge in [0.25, 0.3) is 10.1 Å². The van der Waals surface area contributed by atoms with Gasteiger partial charge in [-0.25, -0.2) is 0 Å². The summed E-state index contributed by atoms with van der Waals surface area (Å²) >= 11 is 0. The minimum absolute atomic E-state index is 0.274. The number of allylic oxidation sites excluding steroid dienone is 5. The molecule has 8 heteroatoms. The highest BCUT2D eigenvalue weighted by Crippen LogP contribution is 2.13. The van der Waals surface area contributed by atoms with E-state index in [0.29, 0.717) is 6.42 Å². The van der Waals surface area contributed by atoms with E-state index in [2.05, 4.69) is 43.5 Å². The molecule has 0 aliphatic carbocycles. The summed E-state index contributed by atoms with van der Waals surface area (Å²) in [4.78, 5) is 12.5. The summed E-state index contributed by atoms with van der Waals surface area (Å²) in [5.41, 5.74) is 0. The molecule has 43 heavy (non-hydrogen) atoms. The Hall–Kier alpha value is -1.48. The number of rotatable bonds is 30. The molecule has 0 aliphatic heterocycles. The van der Waals surface area contributed by atoms with Crippen molar-refractivity contribution in [3.8, 4) is 0 Å². The molecule has 0 rings (SSSR count). The number of carbonyl (C=O) groups excluding carboxylic acids is 1. The van der Waals surface area contributed by atoms with E-state index < -0.39 is 40.0 Å². The normalized spacial score (nSPS) is 14.6. The zero-order valence-electron chi connectivity index (χ0n) is 27.4. The Bertz CT molecular complexity index is 839. The van der Waals surface area contributed by atoms with E-state index in [-0.39, 0.29) is 6.42 Å². The zero-order valence-corrected chi connectivity index (χ0v) is 28.3. The van der Waals surface area contributed by atoms with Gasteiger partial charge in [0, 0.05) is 0 Å². The maximum Gasteiger partial charge on any atom is 0.267 e. The van der Waals surface area contributed by atoms with Crippen LogP contribution >= 0.6 is 0 Å². The van der Waals surface area contributed by atoms with Crippen molar-refractivity contribution in [1.82, 2.24) is 5.32 Å². The monoisotopic (exact) mass is 627 g/mol. The molecule has 0 aromatic heterocycles. The number of unbranched alkanes of at least 4 members (excludes halogenated alkanes) is 18. The van der Waals surface area contributed by atoms with Gasteiger partial charge < -0.3 is 15.5 Å². The van der Waals surface area contributed by atoms with Gasteiger partial charge in [-0.15, -0.1) is 0 Å². The average Bonchev–Trinajstić information content (AvgIpc) is 2.96. The molecule has 0 heterocycles. The lowest BCUT2D eigenvalue weighted by Gasteiger charge is -2.22. The van der Waals surface area contributed by atoms with Crippen molar-refractivity contribution in [3.63, 3.8) is 0 Å². The maximum atomic E-state index is 12.5. The minimum atomic E-state index is -4.43. The molecule has 0 aliphatic rings. The first-order chi connectivity index (χ1) is 20.7. The van der Waals surface area contributed by atoms with E-state index in [1.54, 1.807) is 6.08 Å². The molecule has 0 spiro atoms. The lowest BCUT2D eigenvalue weighted by Crippen LogP contribution is -2.50. The summed E-state index contributed by atoms with van der Waals surface area (Å²) in [6, 6.07) is -1.23. The molecule has 0 saturated heterocycles. The van der Waals surface area contributed by atoms with Gasteiger partial charge in [-0.05, 0) is 44.9 Å². The van der Waals surface area contributed by atoms with Crippen molar-refractivity contribution in [2.75, 3.05) is 5.75 Å². The van der Waals surface area contributed by atoms with Gasteiger partial charge in [0.15, 0.2) is 0 Å². The molecular formula is C35H65NO6S. The zero-order chi connectivity index (χ0) is 32.0. The first-order valence-electron chi connectivity index (χ1n) is 17.3. The van der Waals surface area contributed by atoms with Gasteiger partial charge in [-0.2, -0.15) is 8.42 Å². The standard InChI is InChI=1S/C35H65NO6S/c1-3-5-7-9-11-13-14-15-16-17-18-19-20-21-22-24-26-28-30-34(38)35(39)36-32(31-43(40,41)42)33(37)29-27-25-23-12-10-8-6-4-2/h11,13-15,27,29,32-34,37-38H,3-10,12,16-26,28,30-31H2,1-2H3,(H,36,39)(H,40,41,42)/b13-11-,15-14-,29-27+. The highest BCUT2D eigenvalue weighted by molar-refractivity contribution is 7.85. The van der Waals surface area contributed by atoms with Gasteiger partial charge in [0.2, 0.25) is 5.91 Å². The van der Waals surface area contributed by atoms with E-state index >= 15 is 0 Å². The molecule has 0 aromatic carbocycles. The van der Waals surface area contributed by atoms with Crippen LogP contribution in [0.15, 0.2) is 36.5 Å². The smallest absolute Gasteiger partial charge is 0.267 e. The van der Waals surface area contributed by atoms with Crippen molar-refractivity contribution in [2.24, 2.45) is 0 Å². The lowest BCUT2D eigenvalue weighted by atomic mass is 10.0. The minimum Gasteiger partial charge on any atom is -0.387 e. The molecule has 0 saturated carbocycles. The van der Waals surface area contributed by atoms with E-state index in [0.717, 1.165) is 44.9 Å². The Labute approximate surface area is 264 Å². The second-order valence-electron chi connectivity index (χ2n) is 12.0. The highest BCUT2D eigenvalue weighted by Gasteiger charge is 2.27. The highest BCUT2D eigenvalue weighted by atomic mass is 32.2. The van der Waals surface area contributed by atoms with Crippen LogP contribution in [0.2, 0.25) is 0 Å². The number of hydrogen-bond donors (Lipinski definition) is 4. The number of hydrogen-bond acceptors (Lipinski definition) is 5. The van der Waals surface area contributed by atoms with Crippen LogP contribution in [-0.2, 0) is 14.9 Å². The second-order valence-corrected chi connectivity index (χ2v) is 13.5. The van der Waals surface area contributed by atoms with E-state index in [1.165, 1.54) is 89.5 Å². The molecular weight excluding hydrogens is 562 g/mol. The van der Waals surface area contributed by atoms with Crippen LogP contribution in [0.25, 0.3) is 0 Å². The molecule has 0 bridgehead atoms. The molecule has 0 aromatic rings. The van der Waals surface area contributed by atoms with Gasteiger partial charge in [0.1, 0.15) is 6.10 Å². The SMILES string of the molecule is CCCCC/C=C\C=C/CCCCCCCCCCCC(O)C(=O)NC(CS(=O)(=O)O)C(O)/C=C/CCCCCCCC. The van der Waals surface area contributed by atoms with Gasteiger partial charge in [0.05, 0.1) is 17.9 Å². The summed E-state index contributed by atoms with van der Waals surface area (Å²) in [7, 11) is -4.43. The molecule has 0 radical (unpaired) electrons. The molecule has 0 fully saturated rings. The molecule has 1 amide bonds. The predicted molar refractivity (Wildman–Crippen MR) is 181 cm³/mol. The first-order valence-corrected chi connectivity index (χ1v) is 18.9. The Balaban J connectivity index is 4.06. The van der Waals surface area contributed by atoms with Crippen LogP contribution < -0.4 is 5.32 Å². The summed E-state index contributed by atoms with van der Waals surface area (Å²) in [5, 5.41) is 23.2. The third-order valence-electron chi connectivity index (χ3n) is 7.70. The Kier molecular flexibility index (Phi) is 28.2. The summed E-state index contributed by atoms with van der Waals surface area (Å²) in [5.74, 6) is -1.55. The van der Waals surface area contributed by atoms with Gasteiger partial charge in [-0.3, -0.25) is 9.35 Å². The molecule has 252 valence electrons. The van der Waals surface area contributed by atoms with Crippen LogP contribution in [0.3, 0.4) is 0 Å². The quantitative estimate of drug-likeness (QED) is 0.0275. The van der Waals surface area contributed by atoms with Gasteiger partial charge >= 0.3 is 0 Å². The molecule has 4 N–H and O–H groups in total. The second kappa shape index (κ2) is 29.2. The van der Waals surface area contributed by atoms with Crippen LogP contribution in [0.1, 0.15) is 155 Å². The fourth-order valence-electron chi connectivity index (χ4n) is 4.97. The largest absolute Gasteiger partial charge is 0.387 e. The predicted octanol–water partition coefficient (Wildman–Crippen LogP) is 8.37. The third-order valence-corrected chi connectivity index (χ3v) is 8.48. The van der Waals surface area contributed by atoms with Crippen molar-refractivity contribution < 1.29 is 28.0 Å². The number of aliphatic hydroxyl groups is 2. The van der Waals surface area contributed by atoms with Crippen molar-refractivity contribution >= 4 is 16.0 Å². The van der Waals surface area contributed by atoms with Crippen LogP contribution in [0.4, 0.5) is 0 Å². The van der Waals surface area contributed by atoms with E-state index in [1.807, 2.05) is 0 Å². The first kappa shape index (κ1) is 41.5. The number of amides is 1. The van der Waals surface area contributed by atoms with Crippen molar-refractivity contribution in [2.45, 2.75) is 173 Å². The van der Waals surface area contributed by atoms with E-state index in [4.69, 9.17) is 0 Å². The Morgan fingerprint density at radius 1 is 0.651 bits per heavy atom. The third kappa shape index (κ3) is 29.0. The average molecular weight is 628 g/mol. The molecule has 3 atom stereocenters. The number of nitrogens with one attached hydrogen (secondary N) is 1. The number of aliphatic hydroxyl groups excluding tert-OH is 2. The Morgan fingerprint density at radius 2 is 1.07 bits per heavy atom. The Morgan fingerprint density at radius 3 is 1.58 bits per heavy atom. The van der Waals surface area contributed by atoms with Crippen molar-refractivity contribution in [3.05, 3.63) is 36.5 Å². The summed E-state index contributed by atoms with van der Waals surface area (Å²) < 4.78 is 32.2. The molecule has 3 unspecified atom stereocenters. The van der Waals surface area contributed by atoms with Crippen LogP contribution in [-0.4, -0.2) is 53.1 Å². The van der Waals surface area contributed by atoms with Crippen molar-refractivity contribution in [1.29, 1.82) is 0 Å². The molecule has 7 nitrogen and oxygen atoms in total. The maximum absolute atomic E-state index is 12.5. The van der Waals surface area contributed by atoms with Crippen LogP contribution in [0.5, 0.6) is 0 Å². The lowest BCUT2D eigenvalue weighted by molar-refractivity contribution is -0.130. The fourth-order valence-corrected chi connectivity index (χ4v) is 5.71. The topological polar surface area (TPSA) is 124 Å². The fraction of sp³-hybridized carbons (Fsp3) is 0.800. The summed E-state index contributed by atoms with van der Waals surface area (Å²) in [6.07, 6.45) is 33.6. The van der Waals surface area contributed by atoms with E-state index in [9.17, 15) is 28.0 Å². The van der Waals surface area contributed by atoms with Gasteiger partial charge in [-0.1, -0.05) is 147 Å².